The molecule has 0 saturated heterocycles. The van der Waals surface area contributed by atoms with E-state index in [0.717, 1.165) is 21.9 Å². The van der Waals surface area contributed by atoms with Crippen molar-refractivity contribution in [3.63, 3.8) is 0 Å². The van der Waals surface area contributed by atoms with Crippen molar-refractivity contribution < 1.29 is 14.3 Å². The monoisotopic (exact) mass is 335 g/mol. The normalized spacial score (nSPS) is 10.5. The summed E-state index contributed by atoms with van der Waals surface area (Å²) in [5, 5.41) is 5.23. The molecule has 4 heteroatoms. The van der Waals surface area contributed by atoms with E-state index in [4.69, 9.17) is 9.47 Å². The minimum absolute atomic E-state index is 0.00821. The number of rotatable bonds is 6. The Kier molecular flexibility index (Phi) is 5.19. The topological polar surface area (TPSA) is 47.6 Å². The number of amides is 1. The molecule has 0 heterocycles. The molecule has 0 spiro atoms. The van der Waals surface area contributed by atoms with Gasteiger partial charge < -0.3 is 14.8 Å². The summed E-state index contributed by atoms with van der Waals surface area (Å²) in [4.78, 5) is 12.3. The average molecular weight is 335 g/mol. The van der Waals surface area contributed by atoms with Gasteiger partial charge in [-0.1, -0.05) is 48.5 Å². The first-order valence-corrected chi connectivity index (χ1v) is 8.15. The van der Waals surface area contributed by atoms with E-state index in [0.29, 0.717) is 24.5 Å². The number of fused-ring (bicyclic) bond motifs is 1. The van der Waals surface area contributed by atoms with Crippen molar-refractivity contribution in [2.45, 2.75) is 13.0 Å². The van der Waals surface area contributed by atoms with E-state index in [2.05, 4.69) is 17.4 Å². The Morgan fingerprint density at radius 2 is 1.68 bits per heavy atom. The number of ether oxygens (including phenoxy) is 2. The van der Waals surface area contributed by atoms with Crippen LogP contribution in [-0.4, -0.2) is 20.1 Å². The zero-order valence-electron chi connectivity index (χ0n) is 14.4. The molecule has 0 atom stereocenters. The fourth-order valence-electron chi connectivity index (χ4n) is 2.87. The third-order valence-electron chi connectivity index (χ3n) is 4.17. The number of nitrogens with one attached hydrogen (secondary N) is 1. The molecular formula is C21H21NO3. The fourth-order valence-corrected chi connectivity index (χ4v) is 2.87. The molecule has 128 valence electrons. The first-order valence-electron chi connectivity index (χ1n) is 8.15. The lowest BCUT2D eigenvalue weighted by molar-refractivity contribution is -0.120. The molecule has 0 aliphatic rings. The molecule has 1 N–H and O–H groups in total. The highest BCUT2D eigenvalue weighted by Gasteiger charge is 2.08. The van der Waals surface area contributed by atoms with Crippen LogP contribution in [0.25, 0.3) is 10.8 Å². The van der Waals surface area contributed by atoms with Gasteiger partial charge in [0.15, 0.2) is 11.5 Å². The summed E-state index contributed by atoms with van der Waals surface area (Å²) < 4.78 is 10.5. The highest BCUT2D eigenvalue weighted by Crippen LogP contribution is 2.27. The number of carbonyl (C=O) groups is 1. The van der Waals surface area contributed by atoms with Crippen molar-refractivity contribution in [3.05, 3.63) is 71.8 Å². The van der Waals surface area contributed by atoms with Gasteiger partial charge in [0, 0.05) is 6.54 Å². The summed E-state index contributed by atoms with van der Waals surface area (Å²) in [5.74, 6) is 1.32. The Hall–Kier alpha value is -3.01. The quantitative estimate of drug-likeness (QED) is 0.747. The summed E-state index contributed by atoms with van der Waals surface area (Å²) >= 11 is 0. The van der Waals surface area contributed by atoms with Gasteiger partial charge in [-0.15, -0.1) is 0 Å². The SMILES string of the molecule is COc1ccc(CNC(=O)Cc2cccc3ccccc23)cc1OC. The van der Waals surface area contributed by atoms with Crippen LogP contribution in [0.5, 0.6) is 11.5 Å². The molecule has 25 heavy (non-hydrogen) atoms. The van der Waals surface area contributed by atoms with E-state index in [9.17, 15) is 4.79 Å². The summed E-state index contributed by atoms with van der Waals surface area (Å²) in [5.41, 5.74) is 1.99. The van der Waals surface area contributed by atoms with Crippen LogP contribution in [0.3, 0.4) is 0 Å². The average Bonchev–Trinajstić information content (AvgIpc) is 2.66. The van der Waals surface area contributed by atoms with Crippen LogP contribution in [0.15, 0.2) is 60.7 Å². The van der Waals surface area contributed by atoms with Gasteiger partial charge in [0.05, 0.1) is 20.6 Å². The zero-order valence-corrected chi connectivity index (χ0v) is 14.4. The van der Waals surface area contributed by atoms with Crippen LogP contribution in [0, 0.1) is 0 Å². The maximum absolute atomic E-state index is 12.3. The summed E-state index contributed by atoms with van der Waals surface area (Å²) in [6.07, 6.45) is 0.356. The first-order chi connectivity index (χ1) is 12.2. The Labute approximate surface area is 147 Å². The zero-order chi connectivity index (χ0) is 17.6. The van der Waals surface area contributed by atoms with Crippen molar-refractivity contribution in [2.24, 2.45) is 0 Å². The van der Waals surface area contributed by atoms with Crippen LogP contribution < -0.4 is 14.8 Å². The van der Waals surface area contributed by atoms with Crippen molar-refractivity contribution in [3.8, 4) is 11.5 Å². The molecule has 0 unspecified atom stereocenters. The number of methoxy groups -OCH3 is 2. The van der Waals surface area contributed by atoms with E-state index in [-0.39, 0.29) is 5.91 Å². The standard InChI is InChI=1S/C21H21NO3/c1-24-19-11-10-15(12-20(19)25-2)14-22-21(23)13-17-8-5-7-16-6-3-4-9-18(16)17/h3-12H,13-14H2,1-2H3,(H,22,23). The van der Waals surface area contributed by atoms with E-state index >= 15 is 0 Å². The molecule has 0 radical (unpaired) electrons. The van der Waals surface area contributed by atoms with Crippen LogP contribution in [-0.2, 0) is 17.8 Å². The van der Waals surface area contributed by atoms with Gasteiger partial charge >= 0.3 is 0 Å². The lowest BCUT2D eigenvalue weighted by Gasteiger charge is -2.11. The number of carbonyl (C=O) groups excluding carboxylic acids is 1. The molecule has 1 amide bonds. The van der Waals surface area contributed by atoms with Crippen molar-refractivity contribution in [1.29, 1.82) is 0 Å². The van der Waals surface area contributed by atoms with Gasteiger partial charge in [-0.25, -0.2) is 0 Å². The molecule has 0 aliphatic carbocycles. The Morgan fingerprint density at radius 1 is 0.920 bits per heavy atom. The molecular weight excluding hydrogens is 314 g/mol. The Balaban J connectivity index is 1.67. The van der Waals surface area contributed by atoms with Crippen molar-refractivity contribution in [1.82, 2.24) is 5.32 Å². The lowest BCUT2D eigenvalue weighted by atomic mass is 10.0. The lowest BCUT2D eigenvalue weighted by Crippen LogP contribution is -2.24. The predicted octanol–water partition coefficient (Wildman–Crippen LogP) is 3.72. The Morgan fingerprint density at radius 3 is 2.48 bits per heavy atom. The van der Waals surface area contributed by atoms with Gasteiger partial charge in [-0.2, -0.15) is 0 Å². The van der Waals surface area contributed by atoms with Crippen LogP contribution >= 0.6 is 0 Å². The second-order valence-corrected chi connectivity index (χ2v) is 5.78. The van der Waals surface area contributed by atoms with Gasteiger partial charge in [-0.3, -0.25) is 4.79 Å². The number of hydrogen-bond donors (Lipinski definition) is 1. The van der Waals surface area contributed by atoms with Crippen LogP contribution in [0.1, 0.15) is 11.1 Å². The molecule has 3 rings (SSSR count). The number of benzene rings is 3. The number of hydrogen-bond acceptors (Lipinski definition) is 3. The van der Waals surface area contributed by atoms with Crippen LogP contribution in [0.4, 0.5) is 0 Å². The van der Waals surface area contributed by atoms with E-state index in [1.807, 2.05) is 48.5 Å². The molecule has 0 fully saturated rings. The smallest absolute Gasteiger partial charge is 0.224 e. The van der Waals surface area contributed by atoms with E-state index < -0.39 is 0 Å². The summed E-state index contributed by atoms with van der Waals surface area (Å²) in [7, 11) is 3.20. The predicted molar refractivity (Wildman–Crippen MR) is 99.0 cm³/mol. The Bertz CT molecular complexity index is 884. The van der Waals surface area contributed by atoms with Crippen LogP contribution in [0.2, 0.25) is 0 Å². The molecule has 3 aromatic rings. The highest BCUT2D eigenvalue weighted by atomic mass is 16.5. The molecule has 3 aromatic carbocycles. The minimum atomic E-state index is -0.00821. The largest absolute Gasteiger partial charge is 0.493 e. The second-order valence-electron chi connectivity index (χ2n) is 5.78. The van der Waals surface area contributed by atoms with Crippen molar-refractivity contribution in [2.75, 3.05) is 14.2 Å². The highest BCUT2D eigenvalue weighted by molar-refractivity contribution is 5.90. The maximum Gasteiger partial charge on any atom is 0.224 e. The first kappa shape index (κ1) is 16.8. The molecule has 0 aliphatic heterocycles. The van der Waals surface area contributed by atoms with Gasteiger partial charge in [0.1, 0.15) is 0 Å². The molecule has 0 aromatic heterocycles. The third kappa shape index (κ3) is 3.91. The fraction of sp³-hybridized carbons (Fsp3) is 0.190. The third-order valence-corrected chi connectivity index (χ3v) is 4.17. The van der Waals surface area contributed by atoms with Gasteiger partial charge in [-0.05, 0) is 34.0 Å². The van der Waals surface area contributed by atoms with Gasteiger partial charge in [0.25, 0.3) is 0 Å². The maximum atomic E-state index is 12.3. The van der Waals surface area contributed by atoms with Crippen molar-refractivity contribution >= 4 is 16.7 Å². The van der Waals surface area contributed by atoms with E-state index in [1.165, 1.54) is 0 Å². The second kappa shape index (κ2) is 7.71. The molecule has 0 bridgehead atoms. The summed E-state index contributed by atoms with van der Waals surface area (Å²) in [6.45, 7) is 0.448. The molecule has 0 saturated carbocycles. The molecule has 4 nitrogen and oxygen atoms in total. The summed E-state index contributed by atoms with van der Waals surface area (Å²) in [6, 6.07) is 19.8. The van der Waals surface area contributed by atoms with Gasteiger partial charge in [0.2, 0.25) is 5.91 Å². The minimum Gasteiger partial charge on any atom is -0.493 e. The van der Waals surface area contributed by atoms with E-state index in [1.54, 1.807) is 14.2 Å².